The first kappa shape index (κ1) is 11.3. The molecule has 3 heteroatoms. The predicted molar refractivity (Wildman–Crippen MR) is 60.0 cm³/mol. The van der Waals surface area contributed by atoms with Crippen LogP contribution in [0.4, 0.5) is 0 Å². The highest BCUT2D eigenvalue weighted by atomic mass is 35.5. The fourth-order valence-corrected chi connectivity index (χ4v) is 1.40. The van der Waals surface area contributed by atoms with Crippen LogP contribution in [0.2, 0.25) is 0 Å². The maximum atomic E-state index is 5.58. The minimum Gasteiger partial charge on any atom is -0.496 e. The molecule has 0 atom stereocenters. The number of methoxy groups -OCH3 is 1. The van der Waals surface area contributed by atoms with Crippen molar-refractivity contribution in [1.29, 1.82) is 0 Å². The van der Waals surface area contributed by atoms with E-state index in [1.807, 2.05) is 18.2 Å². The van der Waals surface area contributed by atoms with E-state index < -0.39 is 0 Å². The fourth-order valence-electron chi connectivity index (χ4n) is 1.26. The van der Waals surface area contributed by atoms with Crippen molar-refractivity contribution >= 4 is 11.6 Å². The Labute approximate surface area is 90.2 Å². The first-order chi connectivity index (χ1) is 6.88. The largest absolute Gasteiger partial charge is 0.496 e. The molecule has 0 heterocycles. The monoisotopic (exact) mass is 213 g/mol. The van der Waals surface area contributed by atoms with Gasteiger partial charge in [0.25, 0.3) is 0 Å². The van der Waals surface area contributed by atoms with E-state index in [4.69, 9.17) is 16.3 Å². The number of hydrogen-bond donors (Lipinski definition) is 1. The summed E-state index contributed by atoms with van der Waals surface area (Å²) in [7, 11) is 1.69. The number of halogens is 1. The molecule has 0 bridgehead atoms. The number of nitrogens with one attached hydrogen (secondary N) is 1. The lowest BCUT2D eigenvalue weighted by molar-refractivity contribution is 0.407. The second kappa shape index (κ2) is 6.68. The summed E-state index contributed by atoms with van der Waals surface area (Å²) in [6.07, 6.45) is 0.997. The first-order valence-electron chi connectivity index (χ1n) is 4.77. The Hall–Kier alpha value is -0.730. The quantitative estimate of drug-likeness (QED) is 0.579. The third-order valence-electron chi connectivity index (χ3n) is 2.00. The number of para-hydroxylation sites is 1. The van der Waals surface area contributed by atoms with E-state index in [-0.39, 0.29) is 0 Å². The minimum atomic E-state index is 0.707. The summed E-state index contributed by atoms with van der Waals surface area (Å²) in [6, 6.07) is 8.02. The van der Waals surface area contributed by atoms with Gasteiger partial charge in [0.1, 0.15) is 5.75 Å². The van der Waals surface area contributed by atoms with Crippen molar-refractivity contribution in [2.45, 2.75) is 13.0 Å². The van der Waals surface area contributed by atoms with Gasteiger partial charge in [-0.2, -0.15) is 0 Å². The molecular weight excluding hydrogens is 198 g/mol. The van der Waals surface area contributed by atoms with Gasteiger partial charge in [-0.25, -0.2) is 0 Å². The number of rotatable bonds is 6. The zero-order valence-corrected chi connectivity index (χ0v) is 9.18. The van der Waals surface area contributed by atoms with Gasteiger partial charge in [0, 0.05) is 18.0 Å². The summed E-state index contributed by atoms with van der Waals surface area (Å²) in [5.74, 6) is 1.64. The summed E-state index contributed by atoms with van der Waals surface area (Å²) in [4.78, 5) is 0. The first-order valence-corrected chi connectivity index (χ1v) is 5.30. The molecule has 14 heavy (non-hydrogen) atoms. The molecule has 0 saturated carbocycles. The lowest BCUT2D eigenvalue weighted by Crippen LogP contribution is -2.15. The molecule has 1 aromatic carbocycles. The fraction of sp³-hybridized carbons (Fsp3) is 0.455. The second-order valence-electron chi connectivity index (χ2n) is 3.03. The van der Waals surface area contributed by atoms with Crippen molar-refractivity contribution in [3.05, 3.63) is 29.8 Å². The van der Waals surface area contributed by atoms with Gasteiger partial charge < -0.3 is 10.1 Å². The van der Waals surface area contributed by atoms with Crippen LogP contribution in [0.15, 0.2) is 24.3 Å². The molecule has 0 aliphatic carbocycles. The standard InChI is InChI=1S/C11H16ClNO/c1-14-11-6-3-2-5-10(11)9-13-8-4-7-12/h2-3,5-6,13H,4,7-9H2,1H3. The molecule has 1 N–H and O–H groups in total. The van der Waals surface area contributed by atoms with Crippen LogP contribution >= 0.6 is 11.6 Å². The molecule has 0 radical (unpaired) electrons. The van der Waals surface area contributed by atoms with E-state index in [0.717, 1.165) is 25.3 Å². The molecule has 78 valence electrons. The van der Waals surface area contributed by atoms with Crippen LogP contribution in [0.1, 0.15) is 12.0 Å². The molecule has 1 rings (SSSR count). The van der Waals surface area contributed by atoms with Crippen LogP contribution in [0.3, 0.4) is 0 Å². The Bertz CT molecular complexity index is 265. The van der Waals surface area contributed by atoms with E-state index >= 15 is 0 Å². The third-order valence-corrected chi connectivity index (χ3v) is 2.26. The van der Waals surface area contributed by atoms with Gasteiger partial charge in [0.2, 0.25) is 0 Å². The third kappa shape index (κ3) is 3.56. The normalized spacial score (nSPS) is 10.1. The summed E-state index contributed by atoms with van der Waals surface area (Å²) < 4.78 is 5.24. The van der Waals surface area contributed by atoms with E-state index in [1.54, 1.807) is 7.11 Å². The van der Waals surface area contributed by atoms with E-state index in [1.165, 1.54) is 5.56 Å². The van der Waals surface area contributed by atoms with Gasteiger partial charge in [-0.15, -0.1) is 11.6 Å². The minimum absolute atomic E-state index is 0.707. The topological polar surface area (TPSA) is 21.3 Å². The molecule has 0 amide bonds. The van der Waals surface area contributed by atoms with Crippen LogP contribution < -0.4 is 10.1 Å². The Morgan fingerprint density at radius 1 is 1.36 bits per heavy atom. The molecule has 0 aromatic heterocycles. The van der Waals surface area contributed by atoms with Gasteiger partial charge in [-0.3, -0.25) is 0 Å². The Balaban J connectivity index is 2.41. The summed E-state index contributed by atoms with van der Waals surface area (Å²) in [5, 5.41) is 3.31. The summed E-state index contributed by atoms with van der Waals surface area (Å²) in [6.45, 7) is 1.78. The predicted octanol–water partition coefficient (Wildman–Crippen LogP) is 2.41. The molecule has 0 spiro atoms. The number of hydrogen-bond acceptors (Lipinski definition) is 2. The van der Waals surface area contributed by atoms with Crippen LogP contribution in [0.25, 0.3) is 0 Å². The molecule has 1 aromatic rings. The second-order valence-corrected chi connectivity index (χ2v) is 3.41. The van der Waals surface area contributed by atoms with Gasteiger partial charge in [-0.05, 0) is 19.0 Å². The smallest absolute Gasteiger partial charge is 0.123 e. The van der Waals surface area contributed by atoms with Gasteiger partial charge in [0.15, 0.2) is 0 Å². The SMILES string of the molecule is COc1ccccc1CNCCCCl. The van der Waals surface area contributed by atoms with Crippen molar-refractivity contribution in [3.8, 4) is 5.75 Å². The average molecular weight is 214 g/mol. The maximum Gasteiger partial charge on any atom is 0.123 e. The highest BCUT2D eigenvalue weighted by Crippen LogP contribution is 2.16. The molecule has 0 fully saturated rings. The van der Waals surface area contributed by atoms with Crippen LogP contribution in [-0.2, 0) is 6.54 Å². The molecule has 2 nitrogen and oxygen atoms in total. The van der Waals surface area contributed by atoms with Crippen LogP contribution in [-0.4, -0.2) is 19.5 Å². The molecular formula is C11H16ClNO. The Morgan fingerprint density at radius 3 is 2.86 bits per heavy atom. The summed E-state index contributed by atoms with van der Waals surface area (Å²) in [5.41, 5.74) is 1.18. The lowest BCUT2D eigenvalue weighted by Gasteiger charge is -2.08. The van der Waals surface area contributed by atoms with Gasteiger partial charge in [-0.1, -0.05) is 18.2 Å². The zero-order valence-electron chi connectivity index (χ0n) is 8.42. The van der Waals surface area contributed by atoms with Crippen molar-refractivity contribution in [3.63, 3.8) is 0 Å². The van der Waals surface area contributed by atoms with Crippen LogP contribution in [0.5, 0.6) is 5.75 Å². The lowest BCUT2D eigenvalue weighted by atomic mass is 10.2. The highest BCUT2D eigenvalue weighted by molar-refractivity contribution is 6.17. The average Bonchev–Trinajstić information content (AvgIpc) is 2.25. The van der Waals surface area contributed by atoms with Crippen molar-refractivity contribution < 1.29 is 4.74 Å². The van der Waals surface area contributed by atoms with E-state index in [0.29, 0.717) is 5.88 Å². The molecule has 0 aliphatic heterocycles. The summed E-state index contributed by atoms with van der Waals surface area (Å²) >= 11 is 5.58. The molecule has 0 unspecified atom stereocenters. The maximum absolute atomic E-state index is 5.58. The molecule has 0 saturated heterocycles. The molecule has 0 aliphatic rings. The Morgan fingerprint density at radius 2 is 2.14 bits per heavy atom. The van der Waals surface area contributed by atoms with Crippen molar-refractivity contribution in [1.82, 2.24) is 5.32 Å². The van der Waals surface area contributed by atoms with Crippen molar-refractivity contribution in [2.75, 3.05) is 19.5 Å². The number of ether oxygens (including phenoxy) is 1. The number of alkyl halides is 1. The van der Waals surface area contributed by atoms with Crippen LogP contribution in [0, 0.1) is 0 Å². The van der Waals surface area contributed by atoms with Gasteiger partial charge >= 0.3 is 0 Å². The van der Waals surface area contributed by atoms with Crippen molar-refractivity contribution in [2.24, 2.45) is 0 Å². The van der Waals surface area contributed by atoms with E-state index in [2.05, 4.69) is 11.4 Å². The number of benzene rings is 1. The van der Waals surface area contributed by atoms with Gasteiger partial charge in [0.05, 0.1) is 7.11 Å². The highest BCUT2D eigenvalue weighted by Gasteiger charge is 1.99. The Kier molecular flexibility index (Phi) is 5.42. The van der Waals surface area contributed by atoms with E-state index in [9.17, 15) is 0 Å². The zero-order chi connectivity index (χ0) is 10.2.